The summed E-state index contributed by atoms with van der Waals surface area (Å²) >= 11 is 0. The number of nitro groups is 1. The van der Waals surface area contributed by atoms with E-state index in [4.69, 9.17) is 0 Å². The van der Waals surface area contributed by atoms with Gasteiger partial charge in [0, 0.05) is 18.0 Å². The van der Waals surface area contributed by atoms with Gasteiger partial charge in [0.15, 0.2) is 0 Å². The second-order valence-corrected chi connectivity index (χ2v) is 3.81. The van der Waals surface area contributed by atoms with Crippen molar-refractivity contribution in [1.82, 2.24) is 4.98 Å². The maximum absolute atomic E-state index is 10.9. The maximum Gasteiger partial charge on any atom is 0.311 e. The summed E-state index contributed by atoms with van der Waals surface area (Å²) in [6.45, 7) is 2.06. The van der Waals surface area contributed by atoms with Gasteiger partial charge in [-0.05, 0) is 30.2 Å². The topological polar surface area (TPSA) is 68.1 Å². The van der Waals surface area contributed by atoms with Crippen LogP contribution in [0.5, 0.6) is 0 Å². The van der Waals surface area contributed by atoms with Crippen LogP contribution in [-0.2, 0) is 6.42 Å². The number of nitrogens with zero attached hydrogens (tertiary/aromatic N) is 2. The fraction of sp³-hybridized carbons (Fsp3) is 0.154. The van der Waals surface area contributed by atoms with Crippen molar-refractivity contribution < 1.29 is 4.92 Å². The Balaban J connectivity index is 2.31. The SMILES string of the molecule is CCc1cccc(Nc2ncccc2[N+](=O)[O-])c1. The first-order valence-corrected chi connectivity index (χ1v) is 5.66. The van der Waals surface area contributed by atoms with E-state index in [2.05, 4.69) is 17.2 Å². The van der Waals surface area contributed by atoms with Crippen molar-refractivity contribution in [3.63, 3.8) is 0 Å². The first kappa shape index (κ1) is 12.0. The summed E-state index contributed by atoms with van der Waals surface area (Å²) in [6, 6.07) is 10.7. The minimum Gasteiger partial charge on any atom is -0.334 e. The molecule has 0 saturated carbocycles. The van der Waals surface area contributed by atoms with Gasteiger partial charge in [0.1, 0.15) is 0 Å². The van der Waals surface area contributed by atoms with E-state index in [9.17, 15) is 10.1 Å². The highest BCUT2D eigenvalue weighted by Gasteiger charge is 2.13. The molecule has 0 aliphatic carbocycles. The third-order valence-corrected chi connectivity index (χ3v) is 2.58. The number of nitrogens with one attached hydrogen (secondary N) is 1. The molecule has 0 bridgehead atoms. The average molecular weight is 243 g/mol. The molecule has 0 unspecified atom stereocenters. The van der Waals surface area contributed by atoms with Crippen LogP contribution in [0.25, 0.3) is 0 Å². The zero-order valence-corrected chi connectivity index (χ0v) is 9.96. The number of hydrogen-bond donors (Lipinski definition) is 1. The van der Waals surface area contributed by atoms with Crippen molar-refractivity contribution >= 4 is 17.2 Å². The maximum atomic E-state index is 10.9. The molecule has 0 aliphatic heterocycles. The summed E-state index contributed by atoms with van der Waals surface area (Å²) in [5.74, 6) is 0.260. The lowest BCUT2D eigenvalue weighted by Crippen LogP contribution is -1.99. The number of hydrogen-bond acceptors (Lipinski definition) is 4. The van der Waals surface area contributed by atoms with E-state index in [1.807, 2.05) is 24.3 Å². The molecule has 0 aliphatic rings. The van der Waals surface area contributed by atoms with E-state index < -0.39 is 4.92 Å². The summed E-state index contributed by atoms with van der Waals surface area (Å²) in [4.78, 5) is 14.4. The van der Waals surface area contributed by atoms with Gasteiger partial charge < -0.3 is 5.32 Å². The van der Waals surface area contributed by atoms with Crippen molar-refractivity contribution in [2.24, 2.45) is 0 Å². The van der Waals surface area contributed by atoms with Gasteiger partial charge in [0.2, 0.25) is 5.82 Å². The minimum atomic E-state index is -0.445. The van der Waals surface area contributed by atoms with Crippen LogP contribution < -0.4 is 5.32 Å². The summed E-state index contributed by atoms with van der Waals surface area (Å²) in [7, 11) is 0. The van der Waals surface area contributed by atoms with Crippen LogP contribution in [0.1, 0.15) is 12.5 Å². The molecule has 0 amide bonds. The normalized spacial score (nSPS) is 10.1. The molecular formula is C13H13N3O2. The number of anilines is 2. The molecule has 0 saturated heterocycles. The molecule has 1 heterocycles. The van der Waals surface area contributed by atoms with Gasteiger partial charge >= 0.3 is 5.69 Å². The highest BCUT2D eigenvalue weighted by atomic mass is 16.6. The van der Waals surface area contributed by atoms with E-state index in [1.54, 1.807) is 6.07 Å². The molecule has 18 heavy (non-hydrogen) atoms. The lowest BCUT2D eigenvalue weighted by atomic mass is 10.1. The number of aromatic nitrogens is 1. The lowest BCUT2D eigenvalue weighted by Gasteiger charge is -2.07. The molecule has 2 rings (SSSR count). The van der Waals surface area contributed by atoms with E-state index in [0.29, 0.717) is 0 Å². The van der Waals surface area contributed by atoms with Gasteiger partial charge in [-0.3, -0.25) is 10.1 Å². The van der Waals surface area contributed by atoms with Gasteiger partial charge in [-0.1, -0.05) is 19.1 Å². The Morgan fingerprint density at radius 2 is 2.17 bits per heavy atom. The third-order valence-electron chi connectivity index (χ3n) is 2.58. The van der Waals surface area contributed by atoms with E-state index in [-0.39, 0.29) is 11.5 Å². The Labute approximate surface area is 105 Å². The van der Waals surface area contributed by atoms with Crippen LogP contribution >= 0.6 is 0 Å². The van der Waals surface area contributed by atoms with Gasteiger partial charge in [-0.2, -0.15) is 0 Å². The Bertz CT molecular complexity index is 570. The molecule has 1 aromatic heterocycles. The van der Waals surface area contributed by atoms with Gasteiger partial charge in [-0.25, -0.2) is 4.98 Å². The summed E-state index contributed by atoms with van der Waals surface area (Å²) in [5.41, 5.74) is 1.94. The Kier molecular flexibility index (Phi) is 3.52. The molecule has 2 aromatic rings. The van der Waals surface area contributed by atoms with E-state index in [0.717, 1.165) is 12.1 Å². The van der Waals surface area contributed by atoms with Crippen molar-refractivity contribution in [2.75, 3.05) is 5.32 Å². The number of pyridine rings is 1. The molecule has 5 heteroatoms. The first-order valence-electron chi connectivity index (χ1n) is 5.66. The molecule has 0 atom stereocenters. The highest BCUT2D eigenvalue weighted by Crippen LogP contribution is 2.24. The molecule has 1 aromatic carbocycles. The zero-order valence-electron chi connectivity index (χ0n) is 9.96. The van der Waals surface area contributed by atoms with Crippen LogP contribution in [-0.4, -0.2) is 9.91 Å². The second-order valence-electron chi connectivity index (χ2n) is 3.81. The third kappa shape index (κ3) is 2.63. The molecule has 0 radical (unpaired) electrons. The largest absolute Gasteiger partial charge is 0.334 e. The number of rotatable bonds is 4. The average Bonchev–Trinajstić information content (AvgIpc) is 2.39. The monoisotopic (exact) mass is 243 g/mol. The predicted octanol–water partition coefficient (Wildman–Crippen LogP) is 3.30. The van der Waals surface area contributed by atoms with Crippen LogP contribution in [0, 0.1) is 10.1 Å². The fourth-order valence-electron chi connectivity index (χ4n) is 1.65. The second kappa shape index (κ2) is 5.27. The smallest absolute Gasteiger partial charge is 0.311 e. The number of benzene rings is 1. The Hall–Kier alpha value is -2.43. The molecule has 1 N–H and O–H groups in total. The van der Waals surface area contributed by atoms with E-state index >= 15 is 0 Å². The van der Waals surface area contributed by atoms with Crippen LogP contribution in [0.2, 0.25) is 0 Å². The number of aryl methyl sites for hydroxylation is 1. The summed E-state index contributed by atoms with van der Waals surface area (Å²) in [5, 5.41) is 13.8. The molecule has 5 nitrogen and oxygen atoms in total. The van der Waals surface area contributed by atoms with E-state index in [1.165, 1.54) is 17.8 Å². The summed E-state index contributed by atoms with van der Waals surface area (Å²) in [6.07, 6.45) is 2.44. The first-order chi connectivity index (χ1) is 8.70. The predicted molar refractivity (Wildman–Crippen MR) is 70.0 cm³/mol. The molecule has 0 spiro atoms. The van der Waals surface area contributed by atoms with Crippen molar-refractivity contribution in [2.45, 2.75) is 13.3 Å². The quantitative estimate of drug-likeness (QED) is 0.660. The molecule has 92 valence electrons. The Morgan fingerprint density at radius 3 is 2.89 bits per heavy atom. The van der Waals surface area contributed by atoms with Crippen molar-refractivity contribution in [1.29, 1.82) is 0 Å². The van der Waals surface area contributed by atoms with Crippen LogP contribution in [0.3, 0.4) is 0 Å². The van der Waals surface area contributed by atoms with Crippen LogP contribution in [0.15, 0.2) is 42.6 Å². The molecular weight excluding hydrogens is 230 g/mol. The van der Waals surface area contributed by atoms with Crippen molar-refractivity contribution in [3.05, 3.63) is 58.3 Å². The van der Waals surface area contributed by atoms with Gasteiger partial charge in [-0.15, -0.1) is 0 Å². The zero-order chi connectivity index (χ0) is 13.0. The fourth-order valence-corrected chi connectivity index (χ4v) is 1.65. The minimum absolute atomic E-state index is 0.0283. The van der Waals surface area contributed by atoms with Crippen molar-refractivity contribution in [3.8, 4) is 0 Å². The highest BCUT2D eigenvalue weighted by molar-refractivity contribution is 5.65. The lowest BCUT2D eigenvalue weighted by molar-refractivity contribution is -0.384. The van der Waals surface area contributed by atoms with Gasteiger partial charge in [0.25, 0.3) is 0 Å². The molecule has 0 fully saturated rings. The summed E-state index contributed by atoms with van der Waals surface area (Å²) < 4.78 is 0. The Morgan fingerprint density at radius 1 is 1.33 bits per heavy atom. The van der Waals surface area contributed by atoms with Crippen LogP contribution in [0.4, 0.5) is 17.2 Å². The van der Waals surface area contributed by atoms with Gasteiger partial charge in [0.05, 0.1) is 4.92 Å². The standard InChI is InChI=1S/C13H13N3O2/c1-2-10-5-3-6-11(9-10)15-13-12(16(17)18)7-4-8-14-13/h3-9H,2H2,1H3,(H,14,15).